The summed E-state index contributed by atoms with van der Waals surface area (Å²) in [6, 6.07) is 1.34. The van der Waals surface area contributed by atoms with E-state index in [4.69, 9.17) is 10.4 Å². The maximum Gasteiger partial charge on any atom is 0.320 e. The normalized spacial score (nSPS) is 26.3. The summed E-state index contributed by atoms with van der Waals surface area (Å²) < 4.78 is 0. The molecule has 1 heterocycles. The Balaban J connectivity index is 2.68. The first-order valence-electron chi connectivity index (χ1n) is 4.55. The molecule has 72 valence electrons. The third kappa shape index (κ3) is 2.19. The standard InChI is InChI=1S/C9H14N2O2/c1-7(6-10)11-5-3-2-4-8(11)9(12)13/h7-8H,2-5H2,1H3,(H,12,13). The fourth-order valence-electron chi connectivity index (χ4n) is 1.76. The Hall–Kier alpha value is -1.08. The van der Waals surface area contributed by atoms with Gasteiger partial charge in [0.1, 0.15) is 6.04 Å². The van der Waals surface area contributed by atoms with Crippen LogP contribution in [0.15, 0.2) is 0 Å². The molecular weight excluding hydrogens is 168 g/mol. The number of rotatable bonds is 2. The molecule has 4 nitrogen and oxygen atoms in total. The van der Waals surface area contributed by atoms with Crippen LogP contribution >= 0.6 is 0 Å². The molecule has 1 aliphatic heterocycles. The zero-order valence-electron chi connectivity index (χ0n) is 7.73. The minimum absolute atomic E-state index is 0.290. The highest BCUT2D eigenvalue weighted by Gasteiger charge is 2.31. The predicted molar refractivity (Wildman–Crippen MR) is 47.1 cm³/mol. The second-order valence-corrected chi connectivity index (χ2v) is 3.39. The van der Waals surface area contributed by atoms with Gasteiger partial charge in [-0.3, -0.25) is 9.69 Å². The van der Waals surface area contributed by atoms with Crippen molar-refractivity contribution in [3.8, 4) is 6.07 Å². The molecule has 0 aromatic carbocycles. The molecule has 4 heteroatoms. The van der Waals surface area contributed by atoms with Gasteiger partial charge < -0.3 is 5.11 Å². The van der Waals surface area contributed by atoms with Crippen LogP contribution in [-0.4, -0.2) is 34.6 Å². The van der Waals surface area contributed by atoms with E-state index in [1.165, 1.54) is 0 Å². The minimum Gasteiger partial charge on any atom is -0.480 e. The number of carboxylic acid groups (broad SMARTS) is 1. The summed E-state index contributed by atoms with van der Waals surface area (Å²) in [6.45, 7) is 2.48. The Morgan fingerprint density at radius 3 is 2.92 bits per heavy atom. The van der Waals surface area contributed by atoms with Crippen LogP contribution in [0.3, 0.4) is 0 Å². The van der Waals surface area contributed by atoms with Gasteiger partial charge in [0.25, 0.3) is 0 Å². The lowest BCUT2D eigenvalue weighted by Crippen LogP contribution is -2.48. The molecule has 2 atom stereocenters. The topological polar surface area (TPSA) is 64.3 Å². The summed E-state index contributed by atoms with van der Waals surface area (Å²) in [5, 5.41) is 17.6. The molecule has 0 aromatic heterocycles. The van der Waals surface area contributed by atoms with Gasteiger partial charge in [-0.1, -0.05) is 6.42 Å². The van der Waals surface area contributed by atoms with Crippen molar-refractivity contribution in [2.45, 2.75) is 38.3 Å². The van der Waals surface area contributed by atoms with Gasteiger partial charge in [0, 0.05) is 6.54 Å². The molecular formula is C9H14N2O2. The number of carboxylic acids is 1. The fourth-order valence-corrected chi connectivity index (χ4v) is 1.76. The van der Waals surface area contributed by atoms with E-state index >= 15 is 0 Å². The fraction of sp³-hybridized carbons (Fsp3) is 0.778. The van der Waals surface area contributed by atoms with Crippen LogP contribution in [0.25, 0.3) is 0 Å². The van der Waals surface area contributed by atoms with Crippen molar-refractivity contribution in [1.82, 2.24) is 4.90 Å². The first-order chi connectivity index (χ1) is 6.16. The number of aliphatic carboxylic acids is 1. The van der Waals surface area contributed by atoms with E-state index in [0.717, 1.165) is 19.4 Å². The van der Waals surface area contributed by atoms with Crippen molar-refractivity contribution < 1.29 is 9.90 Å². The Morgan fingerprint density at radius 1 is 1.69 bits per heavy atom. The third-order valence-corrected chi connectivity index (χ3v) is 2.51. The molecule has 1 aliphatic rings. The van der Waals surface area contributed by atoms with Gasteiger partial charge in [-0.15, -0.1) is 0 Å². The molecule has 13 heavy (non-hydrogen) atoms. The average Bonchev–Trinajstić information content (AvgIpc) is 2.16. The Kier molecular flexibility index (Phi) is 3.26. The zero-order valence-corrected chi connectivity index (χ0v) is 7.73. The van der Waals surface area contributed by atoms with Crippen LogP contribution in [0.4, 0.5) is 0 Å². The first kappa shape index (κ1) is 10.0. The van der Waals surface area contributed by atoms with Crippen LogP contribution in [0.5, 0.6) is 0 Å². The summed E-state index contributed by atoms with van der Waals surface area (Å²) in [5.41, 5.74) is 0. The SMILES string of the molecule is CC(C#N)N1CCCCC1C(=O)O. The molecule has 1 saturated heterocycles. The van der Waals surface area contributed by atoms with Crippen molar-refractivity contribution >= 4 is 5.97 Å². The molecule has 2 unspecified atom stereocenters. The highest BCUT2D eigenvalue weighted by atomic mass is 16.4. The summed E-state index contributed by atoms with van der Waals surface area (Å²) in [6.07, 6.45) is 2.61. The minimum atomic E-state index is -0.804. The molecule has 0 saturated carbocycles. The van der Waals surface area contributed by atoms with E-state index in [1.54, 1.807) is 11.8 Å². The quantitative estimate of drug-likeness (QED) is 0.687. The van der Waals surface area contributed by atoms with Gasteiger partial charge in [-0.05, 0) is 19.8 Å². The van der Waals surface area contributed by atoms with E-state index in [1.807, 2.05) is 0 Å². The summed E-state index contributed by atoms with van der Waals surface area (Å²) in [7, 11) is 0. The van der Waals surface area contributed by atoms with Crippen molar-refractivity contribution in [1.29, 1.82) is 5.26 Å². The van der Waals surface area contributed by atoms with Crippen molar-refractivity contribution in [3.05, 3.63) is 0 Å². The van der Waals surface area contributed by atoms with Crippen LogP contribution in [0, 0.1) is 11.3 Å². The van der Waals surface area contributed by atoms with Gasteiger partial charge in [0.2, 0.25) is 0 Å². The number of likely N-dealkylation sites (tertiary alicyclic amines) is 1. The maximum absolute atomic E-state index is 10.8. The number of nitriles is 1. The summed E-state index contributed by atoms with van der Waals surface area (Å²) in [4.78, 5) is 12.6. The van der Waals surface area contributed by atoms with Gasteiger partial charge in [-0.25, -0.2) is 0 Å². The lowest BCUT2D eigenvalue weighted by molar-refractivity contribution is -0.145. The number of nitrogens with zero attached hydrogens (tertiary/aromatic N) is 2. The van der Waals surface area contributed by atoms with Gasteiger partial charge in [-0.2, -0.15) is 5.26 Å². The number of carbonyl (C=O) groups is 1. The molecule has 1 rings (SSSR count). The first-order valence-corrected chi connectivity index (χ1v) is 4.55. The molecule has 0 radical (unpaired) electrons. The van der Waals surface area contributed by atoms with Gasteiger partial charge in [0.05, 0.1) is 12.1 Å². The summed E-state index contributed by atoms with van der Waals surface area (Å²) >= 11 is 0. The summed E-state index contributed by atoms with van der Waals surface area (Å²) in [5.74, 6) is -0.804. The largest absolute Gasteiger partial charge is 0.480 e. The van der Waals surface area contributed by atoms with Crippen molar-refractivity contribution in [2.75, 3.05) is 6.54 Å². The van der Waals surface area contributed by atoms with Crippen LogP contribution < -0.4 is 0 Å². The van der Waals surface area contributed by atoms with Crippen molar-refractivity contribution in [2.24, 2.45) is 0 Å². The second kappa shape index (κ2) is 4.24. The molecule has 0 bridgehead atoms. The monoisotopic (exact) mass is 182 g/mol. The molecule has 1 fully saturated rings. The van der Waals surface area contributed by atoms with Crippen LogP contribution in [-0.2, 0) is 4.79 Å². The number of hydrogen-bond acceptors (Lipinski definition) is 3. The van der Waals surface area contributed by atoms with E-state index in [-0.39, 0.29) is 6.04 Å². The Labute approximate surface area is 77.8 Å². The Morgan fingerprint density at radius 2 is 2.38 bits per heavy atom. The maximum atomic E-state index is 10.8. The smallest absolute Gasteiger partial charge is 0.320 e. The molecule has 1 N–H and O–H groups in total. The molecule has 0 aliphatic carbocycles. The van der Waals surface area contributed by atoms with E-state index in [9.17, 15) is 4.79 Å². The van der Waals surface area contributed by atoms with E-state index < -0.39 is 12.0 Å². The number of piperidine rings is 1. The predicted octanol–water partition coefficient (Wildman–Crippen LogP) is 0.838. The van der Waals surface area contributed by atoms with E-state index in [0.29, 0.717) is 6.42 Å². The lowest BCUT2D eigenvalue weighted by atomic mass is 10.0. The molecule has 0 aromatic rings. The average molecular weight is 182 g/mol. The van der Waals surface area contributed by atoms with Gasteiger partial charge >= 0.3 is 5.97 Å². The van der Waals surface area contributed by atoms with Crippen LogP contribution in [0.1, 0.15) is 26.2 Å². The van der Waals surface area contributed by atoms with Crippen LogP contribution in [0.2, 0.25) is 0 Å². The lowest BCUT2D eigenvalue weighted by Gasteiger charge is -2.34. The number of hydrogen-bond donors (Lipinski definition) is 1. The van der Waals surface area contributed by atoms with Crippen molar-refractivity contribution in [3.63, 3.8) is 0 Å². The Bertz CT molecular complexity index is 234. The zero-order chi connectivity index (χ0) is 9.84. The molecule has 0 spiro atoms. The van der Waals surface area contributed by atoms with Gasteiger partial charge in [0.15, 0.2) is 0 Å². The second-order valence-electron chi connectivity index (χ2n) is 3.39. The van der Waals surface area contributed by atoms with E-state index in [2.05, 4.69) is 6.07 Å². The highest BCUT2D eigenvalue weighted by molar-refractivity contribution is 5.73. The third-order valence-electron chi connectivity index (χ3n) is 2.51. The molecule has 0 amide bonds. The highest BCUT2D eigenvalue weighted by Crippen LogP contribution is 2.19.